The molecule has 0 aliphatic heterocycles. The molecule has 2 nitrogen and oxygen atoms in total. The quantitative estimate of drug-likeness (QED) is 0.740. The molecule has 1 aliphatic rings. The van der Waals surface area contributed by atoms with Crippen molar-refractivity contribution in [1.82, 2.24) is 0 Å². The Balaban J connectivity index is 2.20. The van der Waals surface area contributed by atoms with Gasteiger partial charge in [-0.1, -0.05) is 12.5 Å². The Morgan fingerprint density at radius 1 is 1.35 bits per heavy atom. The SMILES string of the molecule is CC(=O)c1cc(C)cc(C)c1OCC1CCC1. The van der Waals surface area contributed by atoms with E-state index in [1.807, 2.05) is 19.9 Å². The molecule has 1 aromatic rings. The molecule has 2 rings (SSSR count). The Bertz CT molecular complexity index is 431. The van der Waals surface area contributed by atoms with Crippen LogP contribution in [0.25, 0.3) is 0 Å². The van der Waals surface area contributed by atoms with Gasteiger partial charge in [0.05, 0.1) is 12.2 Å². The summed E-state index contributed by atoms with van der Waals surface area (Å²) in [5, 5.41) is 0. The van der Waals surface area contributed by atoms with Gasteiger partial charge in [-0.15, -0.1) is 0 Å². The van der Waals surface area contributed by atoms with Crippen molar-refractivity contribution in [1.29, 1.82) is 0 Å². The lowest BCUT2D eigenvalue weighted by Crippen LogP contribution is -2.20. The van der Waals surface area contributed by atoms with Gasteiger partial charge >= 0.3 is 0 Å². The van der Waals surface area contributed by atoms with Crippen LogP contribution in [0.1, 0.15) is 47.7 Å². The zero-order valence-electron chi connectivity index (χ0n) is 10.9. The molecule has 0 atom stereocenters. The summed E-state index contributed by atoms with van der Waals surface area (Å²) in [4.78, 5) is 11.6. The molecule has 0 saturated heterocycles. The lowest BCUT2D eigenvalue weighted by atomic mass is 9.86. The predicted octanol–water partition coefficient (Wildman–Crippen LogP) is 3.68. The van der Waals surface area contributed by atoms with Crippen molar-refractivity contribution in [2.24, 2.45) is 5.92 Å². The maximum Gasteiger partial charge on any atom is 0.163 e. The summed E-state index contributed by atoms with van der Waals surface area (Å²) in [7, 11) is 0. The number of aryl methyl sites for hydroxylation is 2. The summed E-state index contributed by atoms with van der Waals surface area (Å²) in [6.45, 7) is 6.37. The maximum absolute atomic E-state index is 11.6. The van der Waals surface area contributed by atoms with Crippen molar-refractivity contribution in [2.45, 2.75) is 40.0 Å². The van der Waals surface area contributed by atoms with Gasteiger partial charge in [-0.2, -0.15) is 0 Å². The highest BCUT2D eigenvalue weighted by atomic mass is 16.5. The van der Waals surface area contributed by atoms with E-state index < -0.39 is 0 Å². The highest BCUT2D eigenvalue weighted by Crippen LogP contribution is 2.30. The number of Topliss-reactive ketones (excluding diaryl/α,β-unsaturated/α-hetero) is 1. The Morgan fingerprint density at radius 3 is 2.59 bits per heavy atom. The van der Waals surface area contributed by atoms with Crippen molar-refractivity contribution in [3.05, 3.63) is 28.8 Å². The van der Waals surface area contributed by atoms with Crippen molar-refractivity contribution in [3.63, 3.8) is 0 Å². The second kappa shape index (κ2) is 4.91. The second-order valence-electron chi connectivity index (χ2n) is 5.12. The third kappa shape index (κ3) is 2.68. The van der Waals surface area contributed by atoms with Gasteiger partial charge in [0, 0.05) is 0 Å². The van der Waals surface area contributed by atoms with Gasteiger partial charge in [0.25, 0.3) is 0 Å². The van der Waals surface area contributed by atoms with Crippen LogP contribution in [0.2, 0.25) is 0 Å². The minimum atomic E-state index is 0.0837. The molecule has 0 aromatic heterocycles. The molecular formula is C15H20O2. The lowest BCUT2D eigenvalue weighted by molar-refractivity contribution is 0.101. The van der Waals surface area contributed by atoms with Gasteiger partial charge in [0.15, 0.2) is 5.78 Å². The van der Waals surface area contributed by atoms with Gasteiger partial charge in [-0.25, -0.2) is 0 Å². The number of carbonyl (C=O) groups excluding carboxylic acids is 1. The first kappa shape index (κ1) is 12.2. The number of carbonyl (C=O) groups is 1. The average molecular weight is 232 g/mol. The Kier molecular flexibility index (Phi) is 3.51. The minimum absolute atomic E-state index is 0.0837. The lowest BCUT2D eigenvalue weighted by Gasteiger charge is -2.26. The van der Waals surface area contributed by atoms with E-state index >= 15 is 0 Å². The van der Waals surface area contributed by atoms with Crippen molar-refractivity contribution in [3.8, 4) is 5.75 Å². The van der Waals surface area contributed by atoms with E-state index in [2.05, 4.69) is 6.07 Å². The van der Waals surface area contributed by atoms with Crippen molar-refractivity contribution in [2.75, 3.05) is 6.61 Å². The number of ketones is 1. The van der Waals surface area contributed by atoms with Gasteiger partial charge in [0.1, 0.15) is 5.75 Å². The molecule has 0 spiro atoms. The van der Waals surface area contributed by atoms with Crippen LogP contribution in [0.4, 0.5) is 0 Å². The normalized spacial score (nSPS) is 15.5. The molecule has 0 N–H and O–H groups in total. The fourth-order valence-electron chi connectivity index (χ4n) is 2.27. The van der Waals surface area contributed by atoms with E-state index in [0.717, 1.165) is 29.0 Å². The molecule has 0 radical (unpaired) electrons. The smallest absolute Gasteiger partial charge is 0.163 e. The van der Waals surface area contributed by atoms with E-state index in [9.17, 15) is 4.79 Å². The van der Waals surface area contributed by atoms with E-state index in [4.69, 9.17) is 4.74 Å². The summed E-state index contributed by atoms with van der Waals surface area (Å²) < 4.78 is 5.87. The van der Waals surface area contributed by atoms with E-state index in [0.29, 0.717) is 5.92 Å². The first-order valence-electron chi connectivity index (χ1n) is 6.33. The predicted molar refractivity (Wildman–Crippen MR) is 68.8 cm³/mol. The average Bonchev–Trinajstić information content (AvgIpc) is 2.17. The van der Waals surface area contributed by atoms with Crippen molar-refractivity contribution >= 4 is 5.78 Å². The van der Waals surface area contributed by atoms with E-state index in [-0.39, 0.29) is 5.78 Å². The molecule has 1 aliphatic carbocycles. The second-order valence-corrected chi connectivity index (χ2v) is 5.12. The van der Waals surface area contributed by atoms with E-state index in [1.165, 1.54) is 19.3 Å². The molecular weight excluding hydrogens is 212 g/mol. The summed E-state index contributed by atoms with van der Waals surface area (Å²) in [6.07, 6.45) is 3.85. The fourth-order valence-corrected chi connectivity index (χ4v) is 2.27. The number of hydrogen-bond acceptors (Lipinski definition) is 2. The Hall–Kier alpha value is -1.31. The van der Waals surface area contributed by atoms with Crippen LogP contribution in [0.3, 0.4) is 0 Å². The van der Waals surface area contributed by atoms with Gasteiger partial charge < -0.3 is 4.74 Å². The first-order valence-corrected chi connectivity index (χ1v) is 6.33. The first-order chi connectivity index (χ1) is 8.08. The van der Waals surface area contributed by atoms with Gasteiger partial charge in [-0.3, -0.25) is 4.79 Å². The zero-order chi connectivity index (χ0) is 12.4. The molecule has 1 saturated carbocycles. The van der Waals surface area contributed by atoms with Crippen LogP contribution in [0.5, 0.6) is 5.75 Å². The molecule has 1 aromatic carbocycles. The van der Waals surface area contributed by atoms with Crippen LogP contribution < -0.4 is 4.74 Å². The van der Waals surface area contributed by atoms with Gasteiger partial charge in [0.2, 0.25) is 0 Å². The fraction of sp³-hybridized carbons (Fsp3) is 0.533. The summed E-state index contributed by atoms with van der Waals surface area (Å²) in [6, 6.07) is 3.99. The topological polar surface area (TPSA) is 26.3 Å². The van der Waals surface area contributed by atoms with Crippen LogP contribution in [-0.4, -0.2) is 12.4 Å². The number of ether oxygens (including phenoxy) is 1. The van der Waals surface area contributed by atoms with Crippen LogP contribution in [-0.2, 0) is 0 Å². The molecule has 92 valence electrons. The molecule has 0 heterocycles. The maximum atomic E-state index is 11.6. The van der Waals surface area contributed by atoms with E-state index in [1.54, 1.807) is 6.92 Å². The highest BCUT2D eigenvalue weighted by molar-refractivity contribution is 5.97. The summed E-state index contributed by atoms with van der Waals surface area (Å²) >= 11 is 0. The minimum Gasteiger partial charge on any atom is -0.492 e. The summed E-state index contributed by atoms with van der Waals surface area (Å²) in [5.74, 6) is 1.56. The molecule has 2 heteroatoms. The summed E-state index contributed by atoms with van der Waals surface area (Å²) in [5.41, 5.74) is 2.90. The Labute approximate surface area is 103 Å². The third-order valence-corrected chi connectivity index (χ3v) is 3.49. The molecule has 1 fully saturated rings. The largest absolute Gasteiger partial charge is 0.492 e. The number of hydrogen-bond donors (Lipinski definition) is 0. The molecule has 17 heavy (non-hydrogen) atoms. The monoisotopic (exact) mass is 232 g/mol. The van der Waals surface area contributed by atoms with Crippen LogP contribution >= 0.6 is 0 Å². The highest BCUT2D eigenvalue weighted by Gasteiger charge is 2.20. The zero-order valence-corrected chi connectivity index (χ0v) is 10.9. The molecule has 0 bridgehead atoms. The number of rotatable bonds is 4. The van der Waals surface area contributed by atoms with Crippen molar-refractivity contribution < 1.29 is 9.53 Å². The van der Waals surface area contributed by atoms with Gasteiger partial charge in [-0.05, 0) is 56.7 Å². The third-order valence-electron chi connectivity index (χ3n) is 3.49. The Morgan fingerprint density at radius 2 is 2.06 bits per heavy atom. The van der Waals surface area contributed by atoms with Crippen LogP contribution in [0.15, 0.2) is 12.1 Å². The molecule has 0 unspecified atom stereocenters. The number of benzene rings is 1. The standard InChI is InChI=1S/C15H20O2/c1-10-7-11(2)15(14(8-10)12(3)16)17-9-13-5-4-6-13/h7-8,13H,4-6,9H2,1-3H3. The van der Waals surface area contributed by atoms with Crippen LogP contribution in [0, 0.1) is 19.8 Å². The molecule has 0 amide bonds.